The van der Waals surface area contributed by atoms with Gasteiger partial charge in [0.15, 0.2) is 5.82 Å². The van der Waals surface area contributed by atoms with Crippen molar-refractivity contribution in [1.82, 2.24) is 20.8 Å². The highest BCUT2D eigenvalue weighted by molar-refractivity contribution is 5.87. The molecule has 2 heterocycles. The van der Waals surface area contributed by atoms with Crippen molar-refractivity contribution >= 4 is 12.0 Å². The van der Waals surface area contributed by atoms with Crippen molar-refractivity contribution in [3.63, 3.8) is 0 Å². The van der Waals surface area contributed by atoms with Crippen LogP contribution in [0.5, 0.6) is 0 Å². The van der Waals surface area contributed by atoms with Gasteiger partial charge in [0.05, 0.1) is 11.7 Å². The van der Waals surface area contributed by atoms with E-state index in [2.05, 4.69) is 20.8 Å². The van der Waals surface area contributed by atoms with Crippen molar-refractivity contribution < 1.29 is 24.0 Å². The molecule has 3 N–H and O–H groups in total. The number of amides is 2. The highest BCUT2D eigenvalue weighted by atomic mass is 16.5. The number of hydrogen-bond acceptors (Lipinski definition) is 6. The monoisotopic (exact) mass is 386 g/mol. The van der Waals surface area contributed by atoms with Crippen molar-refractivity contribution in [2.75, 3.05) is 6.54 Å². The van der Waals surface area contributed by atoms with E-state index in [0.29, 0.717) is 24.9 Å². The third-order valence-electron chi connectivity index (χ3n) is 4.93. The number of nitrogens with zero attached hydrogens (tertiary/aromatic N) is 2. The molecular weight excluding hydrogens is 364 g/mol. The summed E-state index contributed by atoms with van der Waals surface area (Å²) in [6.45, 7) is 0.704. The molecule has 0 spiro atoms. The summed E-state index contributed by atoms with van der Waals surface area (Å²) in [4.78, 5) is 27.2. The third-order valence-corrected chi connectivity index (χ3v) is 4.93. The van der Waals surface area contributed by atoms with Crippen LogP contribution in [0, 0.1) is 0 Å². The molecular formula is C19H22N4O5. The number of rotatable bonds is 7. The Bertz CT molecular complexity index is 846. The second-order valence-electron chi connectivity index (χ2n) is 7.15. The van der Waals surface area contributed by atoms with Crippen LogP contribution in [0.25, 0.3) is 0 Å². The zero-order valence-corrected chi connectivity index (χ0v) is 15.3. The lowest BCUT2D eigenvalue weighted by Crippen LogP contribution is -2.39. The van der Waals surface area contributed by atoms with Crippen molar-refractivity contribution in [2.24, 2.45) is 0 Å². The lowest BCUT2D eigenvalue weighted by molar-refractivity contribution is 0.0277. The number of aromatic carboxylic acids is 1. The molecule has 1 saturated heterocycles. The van der Waals surface area contributed by atoms with Crippen LogP contribution in [0.4, 0.5) is 4.79 Å². The van der Waals surface area contributed by atoms with Gasteiger partial charge in [0.25, 0.3) is 5.89 Å². The lowest BCUT2D eigenvalue weighted by atomic mass is 10.1. The van der Waals surface area contributed by atoms with Gasteiger partial charge in [-0.05, 0) is 43.4 Å². The average molecular weight is 386 g/mol. The first-order valence-corrected chi connectivity index (χ1v) is 9.41. The quantitative estimate of drug-likeness (QED) is 0.667. The average Bonchev–Trinajstić information content (AvgIpc) is 3.24. The van der Waals surface area contributed by atoms with E-state index >= 15 is 0 Å². The number of nitrogens with one attached hydrogen (secondary N) is 2. The van der Waals surface area contributed by atoms with E-state index in [4.69, 9.17) is 14.4 Å². The topological polar surface area (TPSA) is 127 Å². The normalized spacial score (nSPS) is 21.4. The summed E-state index contributed by atoms with van der Waals surface area (Å²) in [5, 5.41) is 18.4. The van der Waals surface area contributed by atoms with E-state index < -0.39 is 5.97 Å². The van der Waals surface area contributed by atoms with Crippen LogP contribution in [-0.4, -0.2) is 39.9 Å². The molecule has 0 bridgehead atoms. The summed E-state index contributed by atoms with van der Waals surface area (Å²) in [5.74, 6) is 0.770. The van der Waals surface area contributed by atoms with Crippen molar-refractivity contribution in [1.29, 1.82) is 0 Å². The zero-order valence-electron chi connectivity index (χ0n) is 15.3. The Kier molecular flexibility index (Phi) is 5.25. The van der Waals surface area contributed by atoms with E-state index in [1.165, 1.54) is 12.1 Å². The Morgan fingerprint density at radius 3 is 2.61 bits per heavy atom. The highest BCUT2D eigenvalue weighted by Gasteiger charge is 2.34. The van der Waals surface area contributed by atoms with E-state index in [0.717, 1.165) is 37.1 Å². The van der Waals surface area contributed by atoms with Crippen molar-refractivity contribution in [3.8, 4) is 0 Å². The smallest absolute Gasteiger partial charge is 0.335 e. The molecule has 1 aliphatic carbocycles. The maximum Gasteiger partial charge on any atom is 0.335 e. The second-order valence-corrected chi connectivity index (χ2v) is 7.15. The summed E-state index contributed by atoms with van der Waals surface area (Å²) in [6, 6.07) is 6.07. The lowest BCUT2D eigenvalue weighted by Gasteiger charge is -2.13. The maximum atomic E-state index is 12.0. The number of carbonyl (C=O) groups is 2. The second kappa shape index (κ2) is 7.97. The fraction of sp³-hybridized carbons (Fsp3) is 0.474. The molecule has 2 aliphatic rings. The molecule has 1 aromatic carbocycles. The van der Waals surface area contributed by atoms with Crippen LogP contribution in [-0.2, 0) is 11.3 Å². The van der Waals surface area contributed by atoms with Crippen molar-refractivity contribution in [2.45, 2.75) is 50.4 Å². The molecule has 28 heavy (non-hydrogen) atoms. The Hall–Kier alpha value is -2.94. The predicted octanol–water partition coefficient (Wildman–Crippen LogP) is 2.36. The van der Waals surface area contributed by atoms with Gasteiger partial charge in [0, 0.05) is 19.0 Å². The van der Waals surface area contributed by atoms with Crippen LogP contribution in [0.2, 0.25) is 0 Å². The molecule has 9 heteroatoms. The summed E-state index contributed by atoms with van der Waals surface area (Å²) >= 11 is 0. The Morgan fingerprint density at radius 2 is 1.89 bits per heavy atom. The third kappa shape index (κ3) is 4.48. The van der Waals surface area contributed by atoms with Crippen LogP contribution in [0.3, 0.4) is 0 Å². The molecule has 2 fully saturated rings. The van der Waals surface area contributed by atoms with Crippen LogP contribution < -0.4 is 10.6 Å². The Labute approximate surface area is 161 Å². The maximum absolute atomic E-state index is 12.0. The van der Waals surface area contributed by atoms with Gasteiger partial charge in [-0.2, -0.15) is 4.98 Å². The molecule has 4 rings (SSSR count). The SMILES string of the molecule is O=C(NCc1ccc(C(=O)O)cc1)NC[C@H]1CC[C@@H](c2nc(C3CC3)no2)O1. The number of hydrogen-bond donors (Lipinski definition) is 3. The van der Waals surface area contributed by atoms with Gasteiger partial charge >= 0.3 is 12.0 Å². The van der Waals surface area contributed by atoms with Gasteiger partial charge in [-0.25, -0.2) is 9.59 Å². The first kappa shape index (κ1) is 18.4. The zero-order chi connectivity index (χ0) is 19.5. The van der Waals surface area contributed by atoms with E-state index in [1.54, 1.807) is 12.1 Å². The number of ether oxygens (including phenoxy) is 1. The summed E-state index contributed by atoms with van der Waals surface area (Å²) in [6.07, 6.45) is 3.54. The fourth-order valence-corrected chi connectivity index (χ4v) is 3.14. The van der Waals surface area contributed by atoms with Gasteiger partial charge < -0.3 is 25.0 Å². The van der Waals surface area contributed by atoms with Crippen molar-refractivity contribution in [3.05, 3.63) is 47.1 Å². The van der Waals surface area contributed by atoms with Gasteiger partial charge in [-0.1, -0.05) is 17.3 Å². The van der Waals surface area contributed by atoms with Crippen LogP contribution >= 0.6 is 0 Å². The molecule has 9 nitrogen and oxygen atoms in total. The molecule has 1 saturated carbocycles. The minimum Gasteiger partial charge on any atom is -0.478 e. The van der Waals surface area contributed by atoms with E-state index in [9.17, 15) is 9.59 Å². The number of carboxylic acids is 1. The Balaban J connectivity index is 1.18. The van der Waals surface area contributed by atoms with Gasteiger partial charge in [-0.3, -0.25) is 0 Å². The number of carboxylic acid groups (broad SMARTS) is 1. The largest absolute Gasteiger partial charge is 0.478 e. The fourth-order valence-electron chi connectivity index (χ4n) is 3.14. The molecule has 1 aromatic heterocycles. The van der Waals surface area contributed by atoms with Crippen LogP contribution in [0.15, 0.2) is 28.8 Å². The minimum absolute atomic E-state index is 0.0955. The summed E-state index contributed by atoms with van der Waals surface area (Å²) < 4.78 is 11.2. The number of carbonyl (C=O) groups excluding carboxylic acids is 1. The van der Waals surface area contributed by atoms with E-state index in [-0.39, 0.29) is 23.8 Å². The Morgan fingerprint density at radius 1 is 1.11 bits per heavy atom. The summed E-state index contributed by atoms with van der Waals surface area (Å²) in [7, 11) is 0. The first-order valence-electron chi connectivity index (χ1n) is 9.41. The standard InChI is InChI=1S/C19H22N4O5/c24-18(25)13-3-1-11(2-4-13)9-20-19(26)21-10-14-7-8-15(27-14)17-22-16(23-28-17)12-5-6-12/h1-4,12,14-15H,5-10H2,(H,24,25)(H2,20,21,26)/t14-,15+/m1/s1. The molecule has 0 unspecified atom stereocenters. The first-order chi connectivity index (χ1) is 13.6. The number of urea groups is 1. The molecule has 0 radical (unpaired) electrons. The predicted molar refractivity (Wildman–Crippen MR) is 96.8 cm³/mol. The molecule has 2 atom stereocenters. The molecule has 1 aliphatic heterocycles. The highest BCUT2D eigenvalue weighted by Crippen LogP contribution is 2.39. The number of aromatic nitrogens is 2. The van der Waals surface area contributed by atoms with Crippen LogP contribution in [0.1, 0.15) is 65.3 Å². The molecule has 148 valence electrons. The minimum atomic E-state index is -0.976. The van der Waals surface area contributed by atoms with Gasteiger partial charge in [0.2, 0.25) is 0 Å². The van der Waals surface area contributed by atoms with E-state index in [1.807, 2.05) is 0 Å². The molecule has 2 aromatic rings. The van der Waals surface area contributed by atoms with Gasteiger partial charge in [0.1, 0.15) is 6.10 Å². The molecule has 2 amide bonds. The van der Waals surface area contributed by atoms with Gasteiger partial charge in [-0.15, -0.1) is 0 Å². The number of benzene rings is 1. The summed E-state index contributed by atoms with van der Waals surface area (Å²) in [5.41, 5.74) is 1.03.